The third-order valence-corrected chi connectivity index (χ3v) is 14.9. The summed E-state index contributed by atoms with van der Waals surface area (Å²) >= 11 is 0. The SMILES string of the molecule is CCCCCCCCCCC/C=C/C(OC(=O)CCCCCCCCCCCCCCCCCCC)C(COP(=O)([O-])OCC[N+](C)(C)C)NC(=O)CCCCCCCCCCCCCCCCCC. The number of hydrogen-bond donors (Lipinski definition) is 1. The maximum Gasteiger partial charge on any atom is 0.306 e. The fourth-order valence-electron chi connectivity index (χ4n) is 9.23. The second-order valence-electron chi connectivity index (χ2n) is 22.2. The molecule has 3 unspecified atom stereocenters. The van der Waals surface area contributed by atoms with Gasteiger partial charge in [0.2, 0.25) is 5.91 Å². The van der Waals surface area contributed by atoms with Gasteiger partial charge in [0.15, 0.2) is 0 Å². The van der Waals surface area contributed by atoms with Crippen LogP contribution in [0, 0.1) is 0 Å². The lowest BCUT2D eigenvalue weighted by Gasteiger charge is -2.30. The Kier molecular flexibility index (Phi) is 50.3. The molecule has 0 saturated carbocycles. The fraction of sp³-hybridized carbons (Fsp3) is 0.933. The molecule has 3 atom stereocenters. The van der Waals surface area contributed by atoms with Gasteiger partial charge in [-0.15, -0.1) is 0 Å². The molecule has 0 radical (unpaired) electrons. The van der Waals surface area contributed by atoms with E-state index in [9.17, 15) is 19.0 Å². The van der Waals surface area contributed by atoms with Gasteiger partial charge < -0.3 is 28.5 Å². The number of nitrogens with one attached hydrogen (secondary N) is 1. The summed E-state index contributed by atoms with van der Waals surface area (Å²) in [5.41, 5.74) is 0. The van der Waals surface area contributed by atoms with E-state index in [4.69, 9.17) is 13.8 Å². The molecule has 0 aliphatic rings. The number of hydrogen-bond acceptors (Lipinski definition) is 7. The predicted molar refractivity (Wildman–Crippen MR) is 298 cm³/mol. The third kappa shape index (κ3) is 51.6. The van der Waals surface area contributed by atoms with Gasteiger partial charge in [-0.1, -0.05) is 277 Å². The Morgan fingerprint density at radius 1 is 0.486 bits per heavy atom. The lowest BCUT2D eigenvalue weighted by molar-refractivity contribution is -0.870. The maximum absolute atomic E-state index is 13.5. The number of nitrogens with zero attached hydrogens (tertiary/aromatic N) is 1. The number of rotatable bonds is 56. The number of esters is 1. The number of unbranched alkanes of at least 4 members (excludes halogenated alkanes) is 40. The largest absolute Gasteiger partial charge is 0.756 e. The fourth-order valence-corrected chi connectivity index (χ4v) is 9.95. The van der Waals surface area contributed by atoms with E-state index in [1.54, 1.807) is 0 Å². The number of phosphoric acid groups is 1. The molecule has 1 amide bonds. The van der Waals surface area contributed by atoms with Crippen molar-refractivity contribution in [2.75, 3.05) is 40.9 Å². The molecule has 0 saturated heterocycles. The first-order valence-corrected chi connectivity index (χ1v) is 32.0. The number of carbonyl (C=O) groups excluding carboxylic acids is 2. The second kappa shape index (κ2) is 51.2. The van der Waals surface area contributed by atoms with Crippen LogP contribution in [-0.2, 0) is 27.9 Å². The first-order valence-electron chi connectivity index (χ1n) is 30.5. The van der Waals surface area contributed by atoms with Gasteiger partial charge in [-0.05, 0) is 31.8 Å². The Hall–Kier alpha value is -1.25. The van der Waals surface area contributed by atoms with Crippen molar-refractivity contribution in [3.8, 4) is 0 Å². The van der Waals surface area contributed by atoms with Gasteiger partial charge in [0.05, 0.1) is 33.8 Å². The normalized spacial score (nSPS) is 13.8. The Labute approximate surface area is 435 Å². The van der Waals surface area contributed by atoms with Crippen LogP contribution < -0.4 is 10.2 Å². The molecule has 1 N–H and O–H groups in total. The van der Waals surface area contributed by atoms with Crippen LogP contribution in [0.2, 0.25) is 0 Å². The molecule has 0 rings (SSSR count). The van der Waals surface area contributed by atoms with Crippen LogP contribution >= 0.6 is 7.82 Å². The summed E-state index contributed by atoms with van der Waals surface area (Å²) in [6.45, 7) is 6.89. The Balaban J connectivity index is 5.21. The quantitative estimate of drug-likeness (QED) is 0.0212. The zero-order valence-corrected chi connectivity index (χ0v) is 48.4. The molecule has 0 aliphatic heterocycles. The molecule has 416 valence electrons. The number of amides is 1. The first-order chi connectivity index (χ1) is 33.9. The van der Waals surface area contributed by atoms with Gasteiger partial charge in [0.1, 0.15) is 19.3 Å². The minimum atomic E-state index is -4.69. The number of quaternary nitrogens is 1. The highest BCUT2D eigenvalue weighted by Crippen LogP contribution is 2.38. The van der Waals surface area contributed by atoms with Crippen molar-refractivity contribution in [3.63, 3.8) is 0 Å². The van der Waals surface area contributed by atoms with Crippen molar-refractivity contribution in [2.45, 2.75) is 322 Å². The monoisotopic (exact) mass is 1010 g/mol. The van der Waals surface area contributed by atoms with Gasteiger partial charge in [-0.25, -0.2) is 0 Å². The van der Waals surface area contributed by atoms with Crippen LogP contribution in [0.3, 0.4) is 0 Å². The van der Waals surface area contributed by atoms with Crippen LogP contribution in [0.15, 0.2) is 12.2 Å². The van der Waals surface area contributed by atoms with E-state index in [2.05, 4.69) is 26.1 Å². The molecular formula is C60H119N2O7P. The van der Waals surface area contributed by atoms with E-state index in [-0.39, 0.29) is 31.5 Å². The zero-order chi connectivity index (χ0) is 51.5. The van der Waals surface area contributed by atoms with E-state index in [0.717, 1.165) is 57.8 Å². The van der Waals surface area contributed by atoms with Crippen LogP contribution in [0.25, 0.3) is 0 Å². The topological polar surface area (TPSA) is 114 Å². The highest BCUT2D eigenvalue weighted by Gasteiger charge is 2.27. The minimum absolute atomic E-state index is 0.0169. The lowest BCUT2D eigenvalue weighted by atomic mass is 10.0. The van der Waals surface area contributed by atoms with Crippen molar-refractivity contribution in [1.82, 2.24) is 5.32 Å². The Bertz CT molecular complexity index is 1210. The van der Waals surface area contributed by atoms with Crippen molar-refractivity contribution in [3.05, 3.63) is 12.2 Å². The van der Waals surface area contributed by atoms with Gasteiger partial charge in [-0.3, -0.25) is 14.2 Å². The number of phosphoric ester groups is 1. The Morgan fingerprint density at radius 2 is 0.814 bits per heavy atom. The molecule has 0 aromatic carbocycles. The smallest absolute Gasteiger partial charge is 0.306 e. The molecule has 0 heterocycles. The molecule has 0 aromatic rings. The van der Waals surface area contributed by atoms with Crippen molar-refractivity contribution in [2.24, 2.45) is 0 Å². The number of carbonyl (C=O) groups is 2. The van der Waals surface area contributed by atoms with Crippen LogP contribution in [0.1, 0.15) is 310 Å². The second-order valence-corrected chi connectivity index (χ2v) is 23.6. The highest BCUT2D eigenvalue weighted by molar-refractivity contribution is 7.45. The summed E-state index contributed by atoms with van der Waals surface area (Å²) in [6.07, 6.45) is 57.4. The maximum atomic E-state index is 13.5. The molecule has 0 bridgehead atoms. The van der Waals surface area contributed by atoms with Crippen LogP contribution in [0.4, 0.5) is 0 Å². The minimum Gasteiger partial charge on any atom is -0.756 e. The first kappa shape index (κ1) is 68.8. The van der Waals surface area contributed by atoms with Crippen molar-refractivity contribution < 1.29 is 37.3 Å². The summed E-state index contributed by atoms with van der Waals surface area (Å²) in [5, 5.41) is 3.03. The summed E-state index contributed by atoms with van der Waals surface area (Å²) in [6, 6.07) is -0.878. The van der Waals surface area contributed by atoms with Gasteiger partial charge in [0.25, 0.3) is 7.82 Å². The molecular weight excluding hydrogens is 892 g/mol. The lowest BCUT2D eigenvalue weighted by Crippen LogP contribution is -2.47. The van der Waals surface area contributed by atoms with Crippen molar-refractivity contribution >= 4 is 19.7 Å². The van der Waals surface area contributed by atoms with E-state index >= 15 is 0 Å². The Morgan fingerprint density at radius 3 is 1.17 bits per heavy atom. The summed E-state index contributed by atoms with van der Waals surface area (Å²) in [7, 11) is 1.21. The van der Waals surface area contributed by atoms with Crippen LogP contribution in [-0.4, -0.2) is 69.4 Å². The van der Waals surface area contributed by atoms with Crippen LogP contribution in [0.5, 0.6) is 0 Å². The van der Waals surface area contributed by atoms with Gasteiger partial charge in [0, 0.05) is 12.8 Å². The van der Waals surface area contributed by atoms with Crippen molar-refractivity contribution in [1.29, 1.82) is 0 Å². The third-order valence-electron chi connectivity index (χ3n) is 14.0. The van der Waals surface area contributed by atoms with E-state index in [1.165, 1.54) is 218 Å². The molecule has 0 fully saturated rings. The molecule has 10 heteroatoms. The highest BCUT2D eigenvalue weighted by atomic mass is 31.2. The van der Waals surface area contributed by atoms with Gasteiger partial charge >= 0.3 is 5.97 Å². The molecule has 9 nitrogen and oxygen atoms in total. The zero-order valence-electron chi connectivity index (χ0n) is 47.5. The standard InChI is InChI=1S/C60H119N2O7P/c1-7-10-13-16-19-22-25-27-29-31-33-35-38-41-44-47-50-53-60(64)69-58(51-48-45-42-39-36-24-21-18-15-12-9-3)57(56-68-70(65,66)67-55-54-62(4,5)6)61-59(63)52-49-46-43-40-37-34-32-30-28-26-23-20-17-14-11-8-2/h48,51,57-58H,7-47,49-50,52-56H2,1-6H3,(H-,61,63,65,66)/b51-48+. The average molecular weight is 1010 g/mol. The predicted octanol–water partition coefficient (Wildman–Crippen LogP) is 17.8. The number of likely N-dealkylation sites (N-methyl/N-ethyl adjacent to an activating group) is 1. The number of allylic oxidation sites excluding steroid dienone is 1. The van der Waals surface area contributed by atoms with E-state index in [1.807, 2.05) is 33.3 Å². The summed E-state index contributed by atoms with van der Waals surface area (Å²) < 4.78 is 30.3. The van der Waals surface area contributed by atoms with E-state index in [0.29, 0.717) is 17.4 Å². The summed E-state index contributed by atoms with van der Waals surface area (Å²) in [4.78, 5) is 39.9. The molecule has 0 spiro atoms. The molecule has 0 aliphatic carbocycles. The average Bonchev–Trinajstić information content (AvgIpc) is 3.32. The van der Waals surface area contributed by atoms with E-state index < -0.39 is 20.0 Å². The molecule has 70 heavy (non-hydrogen) atoms. The number of ether oxygens (including phenoxy) is 1. The summed E-state index contributed by atoms with van der Waals surface area (Å²) in [5.74, 6) is -0.521. The molecule has 0 aromatic heterocycles. The van der Waals surface area contributed by atoms with Gasteiger partial charge in [-0.2, -0.15) is 0 Å².